The van der Waals surface area contributed by atoms with Crippen LogP contribution in [0.2, 0.25) is 0 Å². The first kappa shape index (κ1) is 118. The Morgan fingerprint density at radius 2 is 0.861 bits per heavy atom. The van der Waals surface area contributed by atoms with Gasteiger partial charge >= 0.3 is 28.7 Å². The standard InChI is InChI=1S/C15H23FN4O3.C15H24N4O4.C14H20F2N2O4.C14H21FN2O4.C14H22N2O5.C12H18N4O.C11H19N3O3/c1-7(2)22-8(3)13-12(21)10(16)15(23-13)20-6-19-11-9(17)4-5-18-14(11)20;1-7(2)22-8(3)13-11(20)12(21)15(23-13)19-6-18-10-9(16)4-5-17-14(10)19;1-7(2)21-9(4)10-11(19)14(15,16)12(22-10)18-6-5-8(3)17-13(18)20;1-7(2)20-9(4)12-11(18)10(15)13(21-12)17-6-5-8(3)16-14(17)19;1-7(2)20-9(4)12-10(17)11(18)13(21-12)16-6-5-8(3)15-14(16)19;1-9(2)7-17-6-5-16-8-15-11-10(13)3-4-14-12(11)16;1-8(2)7-17-9(6-15)5-14-4-3-10(12)13-11(14)16/h4-8,10-15,21H,17H2,1-3H3;4-8,10-15,20-21H,16H2,1-3H3;5-7,9-12,19H,1-4H3;5-7,9-13,18H,1-4H3;5-7,9-13,17-18H,1-4H3;3-4,8-9H,5-7H2,1-2H3,(H2,13,14);3-4,8-9,15H,5-7H2,1-2H3,(H2,12,13,16)/t8?,10-,11?,12+,13-,14?,15-;8?,10?,11-,12+,13+,14?,15+;9?,10-,11-,12-;9?,10-,11+,12-,13-;9?,10-,11-,12+,13+;;9-/m10110.0/s1. The summed E-state index contributed by atoms with van der Waals surface area (Å²) in [5, 5.41) is 80.2. The van der Waals surface area contributed by atoms with Crippen molar-refractivity contribution >= 4 is 47.8 Å². The monoisotopic (exact) mass is 2040 g/mol. The van der Waals surface area contributed by atoms with E-state index >= 15 is 0 Å². The first-order valence-corrected chi connectivity index (χ1v) is 48.2. The molecule has 0 radical (unpaired) electrons. The first-order chi connectivity index (χ1) is 67.8. The second kappa shape index (κ2) is 53.1. The number of nitrogens with two attached hydrogens (primary N) is 4. The first-order valence-electron chi connectivity index (χ1n) is 48.2. The van der Waals surface area contributed by atoms with Crippen molar-refractivity contribution < 1.29 is 115 Å². The number of fused-ring (bicyclic) bond motifs is 3. The van der Waals surface area contributed by atoms with Gasteiger partial charge < -0.3 is 135 Å². The summed E-state index contributed by atoms with van der Waals surface area (Å²) in [6.07, 6.45) is -7.52. The molecule has 9 unspecified atom stereocenters. The van der Waals surface area contributed by atoms with Gasteiger partial charge in [0.2, 0.25) is 6.23 Å². The molecule has 9 aliphatic rings. The van der Waals surface area contributed by atoms with Crippen molar-refractivity contribution in [1.82, 2.24) is 62.5 Å². The summed E-state index contributed by atoms with van der Waals surface area (Å²) in [4.78, 5) is 90.8. The number of aliphatic hydroxyl groups is 8. The van der Waals surface area contributed by atoms with Crippen molar-refractivity contribution in [2.24, 2.45) is 43.3 Å². The highest BCUT2D eigenvalue weighted by Gasteiger charge is 2.62. The number of aliphatic imine (C=N–C) groups is 4. The average Bonchev–Trinajstić information content (AvgIpc) is 1.65. The van der Waals surface area contributed by atoms with Crippen LogP contribution in [0.3, 0.4) is 0 Å². The van der Waals surface area contributed by atoms with E-state index in [-0.39, 0.29) is 73.8 Å². The Kier molecular flexibility index (Phi) is 43.3. The molecule has 49 heteroatoms. The summed E-state index contributed by atoms with van der Waals surface area (Å²) < 4.78 is 131. The van der Waals surface area contributed by atoms with Crippen LogP contribution in [0.25, 0.3) is 11.2 Å². The predicted molar refractivity (Wildman–Crippen MR) is 523 cm³/mol. The third kappa shape index (κ3) is 30.4. The van der Waals surface area contributed by atoms with Crippen molar-refractivity contribution in [2.45, 2.75) is 380 Å². The number of anilines is 2. The summed E-state index contributed by atoms with van der Waals surface area (Å²) in [5.74, 6) is -2.50. The predicted octanol–water partition coefficient (Wildman–Crippen LogP) is 3.15. The average molecular weight is 2040 g/mol. The van der Waals surface area contributed by atoms with Gasteiger partial charge in [-0.1, -0.05) is 27.7 Å². The molecule has 804 valence electrons. The minimum atomic E-state index is -3.62. The third-order valence-corrected chi connectivity index (χ3v) is 23.6. The van der Waals surface area contributed by atoms with E-state index in [0.717, 1.165) is 28.9 Å². The highest BCUT2D eigenvalue weighted by molar-refractivity contribution is 5.83. The zero-order valence-corrected chi connectivity index (χ0v) is 85.4. The minimum absolute atomic E-state index is 0.00241. The van der Waals surface area contributed by atoms with Crippen LogP contribution < -0.4 is 45.7 Å². The lowest BCUT2D eigenvalue weighted by Crippen LogP contribution is -2.49. The van der Waals surface area contributed by atoms with Crippen molar-refractivity contribution in [1.29, 1.82) is 0 Å². The van der Waals surface area contributed by atoms with Gasteiger partial charge in [0.25, 0.3) is 0 Å². The molecule has 0 aliphatic carbocycles. The van der Waals surface area contributed by atoms with Crippen LogP contribution in [0.4, 0.5) is 29.1 Å². The number of hydrogen-bond acceptors (Lipinski definition) is 40. The van der Waals surface area contributed by atoms with Gasteiger partial charge in [-0.2, -0.15) is 28.7 Å². The number of dihydropyridines is 2. The Balaban J connectivity index is 0.000000188. The number of imidazole rings is 1. The van der Waals surface area contributed by atoms with E-state index in [2.05, 4.69) is 63.7 Å². The van der Waals surface area contributed by atoms with E-state index in [9.17, 15) is 72.5 Å². The molecule has 15 heterocycles. The molecule has 9 aliphatic heterocycles. The Hall–Kier alpha value is -9.98. The Morgan fingerprint density at radius 3 is 1.31 bits per heavy atom. The minimum Gasteiger partial charge on any atom is -0.400 e. The zero-order valence-electron chi connectivity index (χ0n) is 85.4. The molecule has 16 N–H and O–H groups in total. The lowest BCUT2D eigenvalue weighted by molar-refractivity contribution is -0.142. The number of nitrogens with zero attached hydrogens (tertiary/aromatic N) is 17. The molecule has 45 nitrogen and oxygen atoms in total. The van der Waals surface area contributed by atoms with E-state index in [1.54, 1.807) is 140 Å². The summed E-state index contributed by atoms with van der Waals surface area (Å²) in [6.45, 7) is 43.3. The largest absolute Gasteiger partial charge is 0.400 e. The fraction of sp³-hybridized carbons (Fsp3) is 0.684. The Bertz CT molecular complexity index is 5310. The maximum atomic E-state index is 14.6. The number of hydrogen-bond donors (Lipinski definition) is 12. The lowest BCUT2D eigenvalue weighted by Gasteiger charge is -2.32. The van der Waals surface area contributed by atoms with Gasteiger partial charge in [0.05, 0.1) is 112 Å². The van der Waals surface area contributed by atoms with Gasteiger partial charge in [0, 0.05) is 91.6 Å². The number of nitrogen functional groups attached to an aromatic ring is 2. The number of ether oxygens (including phenoxy) is 12. The molecular formula is C95H147F4N21O24. The highest BCUT2D eigenvalue weighted by Crippen LogP contribution is 2.45. The van der Waals surface area contributed by atoms with Gasteiger partial charge in [-0.05, 0) is 179 Å². The number of alkyl halides is 4. The van der Waals surface area contributed by atoms with Gasteiger partial charge in [0.1, 0.15) is 90.6 Å². The van der Waals surface area contributed by atoms with Crippen LogP contribution in [-0.2, 0) is 69.9 Å². The molecule has 15 rings (SSSR count). The normalized spacial score (nSPS) is 29.3. The number of pyridine rings is 1. The molecule has 0 bridgehead atoms. The van der Waals surface area contributed by atoms with Crippen molar-refractivity contribution in [3.8, 4) is 0 Å². The summed E-state index contributed by atoms with van der Waals surface area (Å²) >= 11 is 0. The number of aromatic nitrogens is 11. The van der Waals surface area contributed by atoms with E-state index in [4.69, 9.17) is 84.9 Å². The maximum Gasteiger partial charge on any atom is 0.350 e. The van der Waals surface area contributed by atoms with Gasteiger partial charge in [-0.15, -0.1) is 0 Å². The third-order valence-electron chi connectivity index (χ3n) is 23.6. The Labute approximate surface area is 833 Å². The molecule has 0 saturated carbocycles. The number of allylic oxidation sites excluding steroid dienone is 2. The summed E-state index contributed by atoms with van der Waals surface area (Å²) in [5.41, 5.74) is 25.6. The van der Waals surface area contributed by atoms with Crippen LogP contribution in [0.1, 0.15) is 167 Å². The van der Waals surface area contributed by atoms with Gasteiger partial charge in [-0.3, -0.25) is 38.2 Å². The molecule has 5 fully saturated rings. The highest BCUT2D eigenvalue weighted by atomic mass is 19.3. The number of rotatable bonds is 31. The topological polar surface area (TPSA) is 603 Å². The van der Waals surface area contributed by atoms with Crippen LogP contribution >= 0.6 is 0 Å². The van der Waals surface area contributed by atoms with E-state index in [1.165, 1.54) is 46.2 Å². The number of aryl methyl sites for hydroxylation is 3. The zero-order chi connectivity index (χ0) is 107. The molecule has 5 saturated heterocycles. The smallest absolute Gasteiger partial charge is 0.350 e. The molecule has 0 amide bonds. The molecule has 29 atom stereocenters. The van der Waals surface area contributed by atoms with Crippen molar-refractivity contribution in [2.75, 3.05) is 37.9 Å². The molecular weight excluding hydrogens is 1900 g/mol. The fourth-order valence-corrected chi connectivity index (χ4v) is 16.8. The SMILES string of the molecule is CC(C)COCCn1cnc2c(N)ccnc21.CC(C)CO[C@H](CO)Cn1ccc(N)nc1=O.CC(C)OC(C)[C@H]1O[C@@H](N2C=NC3C(N)=CC=NC32)[C@H](F)[C@@H]1O.CC(C)OC(C)[C@H]1O[C@@H](N2C=NC3C(N)=CC=NC32)[C@H](O)[C@@H]1O.Cc1ccn([C@@H]2O[C@H](C(C)OC(C)C)[C@@H](O)C2(F)F)c(=O)n1.Cc1ccn([C@@H]2O[C@H](C(C)OC(C)C)[C@@H](O)[C@@H]2O)c(=O)n1.Cc1ccn([C@@H]2O[C@H](C(C)OC(C)C)[C@@H](O)[C@H]2F)c(=O)n1. The molecule has 6 aromatic rings. The van der Waals surface area contributed by atoms with Crippen molar-refractivity contribution in [3.63, 3.8) is 0 Å². The second-order valence-corrected chi connectivity index (χ2v) is 38.5. The number of aliphatic hydroxyl groups excluding tert-OH is 8. The second-order valence-electron chi connectivity index (χ2n) is 38.5. The maximum absolute atomic E-state index is 14.6. The summed E-state index contributed by atoms with van der Waals surface area (Å²) in [7, 11) is 0. The van der Waals surface area contributed by atoms with Gasteiger partial charge in [-0.25, -0.2) is 37.9 Å². The quantitative estimate of drug-likeness (QED) is 0.0220. The van der Waals surface area contributed by atoms with Crippen LogP contribution in [0.15, 0.2) is 130 Å². The molecule has 144 heavy (non-hydrogen) atoms. The van der Waals surface area contributed by atoms with Gasteiger partial charge in [0.15, 0.2) is 61.3 Å². The van der Waals surface area contributed by atoms with E-state index < -0.39 is 182 Å². The van der Waals surface area contributed by atoms with E-state index in [0.29, 0.717) is 63.8 Å². The fourth-order valence-electron chi connectivity index (χ4n) is 16.8. The molecule has 6 aromatic heterocycles. The summed E-state index contributed by atoms with van der Waals surface area (Å²) in [6, 6.07) is 7.34. The molecule has 0 spiro atoms. The lowest BCUT2D eigenvalue weighted by atomic mass is 10.1. The van der Waals surface area contributed by atoms with Crippen molar-refractivity contribution in [3.05, 3.63) is 150 Å². The Morgan fingerprint density at radius 1 is 0.451 bits per heavy atom. The van der Waals surface area contributed by atoms with Crippen LogP contribution in [0.5, 0.6) is 0 Å². The molecule has 0 aromatic carbocycles. The number of halogens is 4. The van der Waals surface area contributed by atoms with E-state index in [1.807, 2.05) is 80.7 Å². The van der Waals surface area contributed by atoms with Crippen LogP contribution in [0, 0.1) is 32.6 Å². The van der Waals surface area contributed by atoms with Crippen LogP contribution in [-0.4, -0.2) is 350 Å².